The first-order valence-corrected chi connectivity index (χ1v) is 8.80. The molecule has 4 nitrogen and oxygen atoms in total. The molecule has 0 amide bonds. The highest BCUT2D eigenvalue weighted by Gasteiger charge is 2.24. The maximum Gasteiger partial charge on any atom is 0.0764 e. The van der Waals surface area contributed by atoms with Crippen LogP contribution in [0.15, 0.2) is 12.3 Å². The Hall–Kier alpha value is -0.870. The van der Waals surface area contributed by atoms with Gasteiger partial charge in [0, 0.05) is 24.8 Å². The first-order chi connectivity index (χ1) is 10.3. The van der Waals surface area contributed by atoms with E-state index >= 15 is 0 Å². The number of hydrogen-bond acceptors (Lipinski definition) is 3. The number of aromatic nitrogens is 2. The van der Waals surface area contributed by atoms with Crippen LogP contribution in [-0.4, -0.2) is 33.3 Å². The van der Waals surface area contributed by atoms with Crippen LogP contribution in [0.5, 0.6) is 0 Å². The van der Waals surface area contributed by atoms with Gasteiger partial charge in [-0.25, -0.2) is 0 Å². The van der Waals surface area contributed by atoms with Crippen molar-refractivity contribution < 1.29 is 0 Å². The molecule has 0 spiro atoms. The fourth-order valence-electron chi connectivity index (χ4n) is 4.01. The summed E-state index contributed by atoms with van der Waals surface area (Å²) in [5, 5.41) is 4.84. The van der Waals surface area contributed by atoms with Crippen LogP contribution in [0.2, 0.25) is 0 Å². The smallest absolute Gasteiger partial charge is 0.0764 e. The molecule has 0 saturated heterocycles. The van der Waals surface area contributed by atoms with Crippen LogP contribution in [0.1, 0.15) is 70.0 Å². The van der Waals surface area contributed by atoms with Crippen LogP contribution in [0.25, 0.3) is 0 Å². The van der Waals surface area contributed by atoms with Gasteiger partial charge in [0.05, 0.1) is 11.7 Å². The standard InChI is InChI=1S/C17H30N4/c1-2-20(16-9-7-14(18)8-10-16)13-15-11-12-21(19-15)17-5-3-4-6-17/h11-12,14,16-17H,2-10,13,18H2,1H3. The van der Waals surface area contributed by atoms with Crippen molar-refractivity contribution in [3.63, 3.8) is 0 Å². The van der Waals surface area contributed by atoms with Gasteiger partial charge in [0.15, 0.2) is 0 Å². The van der Waals surface area contributed by atoms with Gasteiger partial charge < -0.3 is 5.73 Å². The Morgan fingerprint density at radius 1 is 1.19 bits per heavy atom. The van der Waals surface area contributed by atoms with Gasteiger partial charge in [-0.15, -0.1) is 0 Å². The molecular formula is C17H30N4. The molecule has 1 aromatic rings. The van der Waals surface area contributed by atoms with Crippen molar-refractivity contribution in [2.45, 2.75) is 83.0 Å². The summed E-state index contributed by atoms with van der Waals surface area (Å²) >= 11 is 0. The van der Waals surface area contributed by atoms with Gasteiger partial charge in [0.25, 0.3) is 0 Å². The van der Waals surface area contributed by atoms with E-state index in [-0.39, 0.29) is 0 Å². The fraction of sp³-hybridized carbons (Fsp3) is 0.824. The minimum Gasteiger partial charge on any atom is -0.328 e. The Bertz CT molecular complexity index is 428. The van der Waals surface area contributed by atoms with Crippen molar-refractivity contribution in [1.29, 1.82) is 0 Å². The van der Waals surface area contributed by atoms with Gasteiger partial charge in [-0.3, -0.25) is 9.58 Å². The molecule has 3 rings (SSSR count). The van der Waals surface area contributed by atoms with E-state index in [9.17, 15) is 0 Å². The summed E-state index contributed by atoms with van der Waals surface area (Å²) in [6, 6.07) is 4.00. The largest absolute Gasteiger partial charge is 0.328 e. The minimum atomic E-state index is 0.432. The summed E-state index contributed by atoms with van der Waals surface area (Å²) < 4.78 is 2.22. The van der Waals surface area contributed by atoms with E-state index < -0.39 is 0 Å². The molecule has 1 heterocycles. The first kappa shape index (κ1) is 15.0. The molecule has 0 bridgehead atoms. The molecule has 0 aliphatic heterocycles. The summed E-state index contributed by atoms with van der Waals surface area (Å²) in [6.07, 6.45) is 12.4. The lowest BCUT2D eigenvalue weighted by Gasteiger charge is -2.35. The molecule has 21 heavy (non-hydrogen) atoms. The molecule has 1 aromatic heterocycles. The van der Waals surface area contributed by atoms with Gasteiger partial charge in [0.1, 0.15) is 0 Å². The minimum absolute atomic E-state index is 0.432. The van der Waals surface area contributed by atoms with E-state index in [1.165, 1.54) is 57.1 Å². The SMILES string of the molecule is CCN(Cc1ccn(C2CCCC2)n1)C1CCC(N)CC1. The van der Waals surface area contributed by atoms with Crippen LogP contribution in [0.3, 0.4) is 0 Å². The molecule has 0 unspecified atom stereocenters. The zero-order chi connectivity index (χ0) is 14.7. The summed E-state index contributed by atoms with van der Waals surface area (Å²) in [5.41, 5.74) is 7.26. The second kappa shape index (κ2) is 6.93. The molecule has 118 valence electrons. The molecule has 0 radical (unpaired) electrons. The van der Waals surface area contributed by atoms with Gasteiger partial charge in [-0.05, 0) is 51.1 Å². The van der Waals surface area contributed by atoms with Gasteiger partial charge in [-0.2, -0.15) is 5.10 Å². The molecule has 2 saturated carbocycles. The number of nitrogens with two attached hydrogens (primary N) is 1. The van der Waals surface area contributed by atoms with Crippen molar-refractivity contribution >= 4 is 0 Å². The zero-order valence-electron chi connectivity index (χ0n) is 13.4. The van der Waals surface area contributed by atoms with Crippen LogP contribution < -0.4 is 5.73 Å². The number of nitrogens with zero attached hydrogens (tertiary/aromatic N) is 3. The van der Waals surface area contributed by atoms with Crippen LogP contribution >= 0.6 is 0 Å². The van der Waals surface area contributed by atoms with E-state index in [0.717, 1.165) is 13.1 Å². The van der Waals surface area contributed by atoms with Crippen molar-refractivity contribution in [3.8, 4) is 0 Å². The van der Waals surface area contributed by atoms with Crippen molar-refractivity contribution in [1.82, 2.24) is 14.7 Å². The third kappa shape index (κ3) is 3.67. The van der Waals surface area contributed by atoms with Crippen molar-refractivity contribution in [3.05, 3.63) is 18.0 Å². The molecular weight excluding hydrogens is 260 g/mol. The fourth-order valence-corrected chi connectivity index (χ4v) is 4.01. The second-order valence-electron chi connectivity index (χ2n) is 6.86. The summed E-state index contributed by atoms with van der Waals surface area (Å²) in [4.78, 5) is 2.59. The summed E-state index contributed by atoms with van der Waals surface area (Å²) in [6.45, 7) is 4.37. The average Bonchev–Trinajstić information content (AvgIpc) is 3.17. The Labute approximate surface area is 128 Å². The topological polar surface area (TPSA) is 47.1 Å². The Morgan fingerprint density at radius 3 is 2.57 bits per heavy atom. The van der Waals surface area contributed by atoms with Crippen LogP contribution in [-0.2, 0) is 6.54 Å². The Morgan fingerprint density at radius 2 is 1.90 bits per heavy atom. The van der Waals surface area contributed by atoms with Gasteiger partial charge >= 0.3 is 0 Å². The van der Waals surface area contributed by atoms with Crippen LogP contribution in [0, 0.1) is 0 Å². The normalized spacial score (nSPS) is 27.6. The second-order valence-corrected chi connectivity index (χ2v) is 6.86. The summed E-state index contributed by atoms with van der Waals surface area (Å²) in [7, 11) is 0. The number of hydrogen-bond donors (Lipinski definition) is 1. The molecule has 0 atom stereocenters. The average molecular weight is 290 g/mol. The van der Waals surface area contributed by atoms with E-state index in [2.05, 4.69) is 28.8 Å². The van der Waals surface area contributed by atoms with Crippen LogP contribution in [0.4, 0.5) is 0 Å². The van der Waals surface area contributed by atoms with E-state index in [1.54, 1.807) is 0 Å². The highest BCUT2D eigenvalue weighted by molar-refractivity contribution is 5.01. The molecule has 2 N–H and O–H groups in total. The maximum absolute atomic E-state index is 6.03. The first-order valence-electron chi connectivity index (χ1n) is 8.80. The van der Waals surface area contributed by atoms with E-state index in [1.807, 2.05) is 0 Å². The summed E-state index contributed by atoms with van der Waals surface area (Å²) in [5.74, 6) is 0. The molecule has 2 aliphatic rings. The van der Waals surface area contributed by atoms with Gasteiger partial charge in [-0.1, -0.05) is 19.8 Å². The number of rotatable bonds is 5. The Kier molecular flexibility index (Phi) is 4.96. The molecule has 2 aliphatic carbocycles. The third-order valence-corrected chi connectivity index (χ3v) is 5.39. The lowest BCUT2D eigenvalue weighted by atomic mass is 9.90. The molecule has 0 aromatic carbocycles. The predicted molar refractivity (Wildman–Crippen MR) is 86.0 cm³/mol. The lowest BCUT2D eigenvalue weighted by Crippen LogP contribution is -2.40. The van der Waals surface area contributed by atoms with E-state index in [4.69, 9.17) is 10.8 Å². The van der Waals surface area contributed by atoms with Crippen molar-refractivity contribution in [2.75, 3.05) is 6.54 Å². The van der Waals surface area contributed by atoms with Gasteiger partial charge in [0.2, 0.25) is 0 Å². The monoisotopic (exact) mass is 290 g/mol. The highest BCUT2D eigenvalue weighted by Crippen LogP contribution is 2.29. The highest BCUT2D eigenvalue weighted by atomic mass is 15.3. The predicted octanol–water partition coefficient (Wildman–Crippen LogP) is 3.09. The molecule has 4 heteroatoms. The van der Waals surface area contributed by atoms with E-state index in [0.29, 0.717) is 18.1 Å². The van der Waals surface area contributed by atoms with Crippen molar-refractivity contribution in [2.24, 2.45) is 5.73 Å². The quantitative estimate of drug-likeness (QED) is 0.906. The zero-order valence-corrected chi connectivity index (χ0v) is 13.4. The Balaban J connectivity index is 1.58. The lowest BCUT2D eigenvalue weighted by molar-refractivity contribution is 0.147. The maximum atomic E-state index is 6.03. The molecule has 2 fully saturated rings. The third-order valence-electron chi connectivity index (χ3n) is 5.39.